The number of rotatable bonds is 6. The fraction of sp³-hybridized carbons (Fsp3) is 0.167. The van der Waals surface area contributed by atoms with Crippen molar-refractivity contribution < 1.29 is 19.3 Å². The van der Waals surface area contributed by atoms with Crippen molar-refractivity contribution in [3.05, 3.63) is 43.5 Å². The van der Waals surface area contributed by atoms with Crippen LogP contribution in [0.2, 0.25) is 0 Å². The van der Waals surface area contributed by atoms with Gasteiger partial charge in [-0.3, -0.25) is 0 Å². The zero-order valence-electron chi connectivity index (χ0n) is 15.6. The maximum absolute atomic E-state index is 10.2. The molecule has 0 aliphatic heterocycles. The van der Waals surface area contributed by atoms with E-state index in [2.05, 4.69) is 47.2 Å². The van der Waals surface area contributed by atoms with Crippen molar-refractivity contribution in [1.82, 2.24) is 14.9 Å². The van der Waals surface area contributed by atoms with Gasteiger partial charge in [0.1, 0.15) is 5.75 Å². The van der Waals surface area contributed by atoms with Crippen molar-refractivity contribution in [3.8, 4) is 34.4 Å². The van der Waals surface area contributed by atoms with E-state index in [1.54, 1.807) is 24.3 Å². The highest BCUT2D eigenvalue weighted by atomic mass is 79.9. The molecule has 0 aliphatic rings. The van der Waals surface area contributed by atoms with Gasteiger partial charge in [0.25, 0.3) is 0 Å². The van der Waals surface area contributed by atoms with E-state index in [1.165, 1.54) is 32.2 Å². The average molecular weight is 544 g/mol. The minimum Gasteiger partial charge on any atom is -0.506 e. The minimum absolute atomic E-state index is 0.0568. The van der Waals surface area contributed by atoms with Gasteiger partial charge in [0.15, 0.2) is 17.3 Å². The van der Waals surface area contributed by atoms with Crippen molar-refractivity contribution in [2.45, 2.75) is 0 Å². The molecule has 0 spiro atoms. The molecular weight excluding hydrogens is 528 g/mol. The van der Waals surface area contributed by atoms with Crippen molar-refractivity contribution in [1.29, 1.82) is 0 Å². The van der Waals surface area contributed by atoms with Crippen LogP contribution in [0.1, 0.15) is 5.56 Å². The van der Waals surface area contributed by atoms with Crippen LogP contribution in [0.3, 0.4) is 0 Å². The number of nitrogens with one attached hydrogen (secondary N) is 1. The Bertz CT molecular complexity index is 1120. The van der Waals surface area contributed by atoms with Crippen molar-refractivity contribution in [2.75, 3.05) is 21.3 Å². The highest BCUT2D eigenvalue weighted by Gasteiger charge is 2.17. The molecule has 0 fully saturated rings. The molecule has 2 aromatic carbocycles. The summed E-state index contributed by atoms with van der Waals surface area (Å²) in [6.45, 7) is 0. The van der Waals surface area contributed by atoms with Gasteiger partial charge in [0.05, 0.1) is 32.0 Å². The van der Waals surface area contributed by atoms with E-state index in [0.717, 1.165) is 4.47 Å². The number of hydrogen-bond acceptors (Lipinski definition) is 7. The third-order valence-corrected chi connectivity index (χ3v) is 5.27. The lowest BCUT2D eigenvalue weighted by Gasteiger charge is -2.13. The summed E-state index contributed by atoms with van der Waals surface area (Å²) in [6.07, 6.45) is 1.48. The SMILES string of the molecule is COc1cc(-c2n[nH]c(=S)n2N=Cc2cc(Br)cc(Br)c2O)cc(OC)c1OC. The summed E-state index contributed by atoms with van der Waals surface area (Å²) in [7, 11) is 4.59. The molecule has 8 nitrogen and oxygen atoms in total. The lowest BCUT2D eigenvalue weighted by molar-refractivity contribution is 0.324. The first-order valence-corrected chi connectivity index (χ1v) is 10.1. The van der Waals surface area contributed by atoms with Gasteiger partial charge in [-0.25, -0.2) is 5.10 Å². The molecule has 3 rings (SSSR count). The van der Waals surface area contributed by atoms with E-state index >= 15 is 0 Å². The fourth-order valence-corrected chi connectivity index (χ4v) is 4.04. The normalized spacial score (nSPS) is 11.1. The Balaban J connectivity index is 2.11. The largest absolute Gasteiger partial charge is 0.506 e. The van der Waals surface area contributed by atoms with Crippen LogP contribution in [-0.4, -0.2) is 47.5 Å². The maximum Gasteiger partial charge on any atom is 0.216 e. The van der Waals surface area contributed by atoms with Gasteiger partial charge in [0, 0.05) is 15.6 Å². The summed E-state index contributed by atoms with van der Waals surface area (Å²) in [5.41, 5.74) is 1.13. The summed E-state index contributed by atoms with van der Waals surface area (Å²) in [5, 5.41) is 21.6. The second kappa shape index (κ2) is 8.97. The van der Waals surface area contributed by atoms with Crippen LogP contribution in [0.25, 0.3) is 11.4 Å². The average Bonchev–Trinajstić information content (AvgIpc) is 3.08. The molecule has 3 aromatic rings. The van der Waals surface area contributed by atoms with Crippen LogP contribution >= 0.6 is 44.1 Å². The predicted molar refractivity (Wildman–Crippen MR) is 119 cm³/mol. The predicted octanol–water partition coefficient (Wildman–Crippen LogP) is 4.75. The van der Waals surface area contributed by atoms with Gasteiger partial charge in [-0.1, -0.05) is 15.9 Å². The number of hydrogen-bond donors (Lipinski definition) is 2. The quantitative estimate of drug-likeness (QED) is 0.344. The van der Waals surface area contributed by atoms with E-state index in [1.807, 2.05) is 0 Å². The third-order valence-electron chi connectivity index (χ3n) is 3.94. The molecule has 0 radical (unpaired) electrons. The number of ether oxygens (including phenoxy) is 3. The Morgan fingerprint density at radius 1 is 1.10 bits per heavy atom. The van der Waals surface area contributed by atoms with E-state index in [-0.39, 0.29) is 10.5 Å². The van der Waals surface area contributed by atoms with Gasteiger partial charge < -0.3 is 19.3 Å². The molecule has 1 heterocycles. The van der Waals surface area contributed by atoms with Gasteiger partial charge in [-0.05, 0) is 52.4 Å². The topological polar surface area (TPSA) is 93.9 Å². The minimum atomic E-state index is 0.0568. The van der Waals surface area contributed by atoms with Gasteiger partial charge in [-0.15, -0.1) is 0 Å². The Morgan fingerprint density at radius 2 is 1.76 bits per heavy atom. The lowest BCUT2D eigenvalue weighted by Crippen LogP contribution is -1.99. The fourth-order valence-electron chi connectivity index (χ4n) is 2.60. The van der Waals surface area contributed by atoms with Crippen molar-refractivity contribution in [2.24, 2.45) is 5.10 Å². The number of methoxy groups -OCH3 is 3. The zero-order valence-corrected chi connectivity index (χ0v) is 19.6. The summed E-state index contributed by atoms with van der Waals surface area (Å²) in [6, 6.07) is 6.95. The first-order valence-electron chi connectivity index (χ1n) is 8.09. The zero-order chi connectivity index (χ0) is 21.1. The Morgan fingerprint density at radius 3 is 2.34 bits per heavy atom. The first kappa shape index (κ1) is 21.3. The molecule has 0 aliphatic carbocycles. The summed E-state index contributed by atoms with van der Waals surface area (Å²) in [5.74, 6) is 1.90. The van der Waals surface area contributed by atoms with Crippen LogP contribution in [0.15, 0.2) is 38.3 Å². The number of benzene rings is 2. The summed E-state index contributed by atoms with van der Waals surface area (Å²) in [4.78, 5) is 0. The molecule has 0 atom stereocenters. The number of aromatic nitrogens is 3. The molecule has 29 heavy (non-hydrogen) atoms. The number of aromatic amines is 1. The van der Waals surface area contributed by atoms with Crippen LogP contribution in [0.4, 0.5) is 0 Å². The molecule has 0 saturated heterocycles. The molecule has 11 heteroatoms. The number of phenolic OH excluding ortho intramolecular Hbond substituents is 1. The lowest BCUT2D eigenvalue weighted by atomic mass is 10.1. The van der Waals surface area contributed by atoms with Crippen LogP contribution in [0, 0.1) is 4.77 Å². The number of H-pyrrole nitrogens is 1. The van der Waals surface area contributed by atoms with E-state index in [0.29, 0.717) is 38.7 Å². The molecule has 0 amide bonds. The molecule has 0 bridgehead atoms. The number of aromatic hydroxyl groups is 1. The Kier molecular flexibility index (Phi) is 6.60. The highest BCUT2D eigenvalue weighted by Crippen LogP contribution is 2.40. The second-order valence-corrected chi connectivity index (χ2v) is 7.80. The molecule has 0 unspecified atom stereocenters. The molecule has 1 aromatic heterocycles. The first-order chi connectivity index (χ1) is 13.9. The number of nitrogens with zero attached hydrogens (tertiary/aromatic N) is 3. The van der Waals surface area contributed by atoms with E-state index < -0.39 is 0 Å². The Labute approximate surface area is 188 Å². The van der Waals surface area contributed by atoms with Crippen LogP contribution in [0.5, 0.6) is 23.0 Å². The molecule has 2 N–H and O–H groups in total. The monoisotopic (exact) mass is 542 g/mol. The number of halogens is 2. The van der Waals surface area contributed by atoms with Gasteiger partial charge in [-0.2, -0.15) is 14.9 Å². The van der Waals surface area contributed by atoms with Gasteiger partial charge >= 0.3 is 0 Å². The van der Waals surface area contributed by atoms with Gasteiger partial charge in [0.2, 0.25) is 10.5 Å². The second-order valence-electron chi connectivity index (χ2n) is 5.65. The standard InChI is InChI=1S/C18H16Br2N4O4S/c1-26-13-5-9(6-14(27-2)16(13)28-3)17-22-23-18(29)24(17)21-8-10-4-11(19)7-12(20)15(10)25/h4-8,25H,1-3H3,(H,23,29). The third kappa shape index (κ3) is 4.31. The Hall–Kier alpha value is -2.37. The van der Waals surface area contributed by atoms with Crippen LogP contribution < -0.4 is 14.2 Å². The molecule has 0 saturated carbocycles. The maximum atomic E-state index is 10.2. The highest BCUT2D eigenvalue weighted by molar-refractivity contribution is 9.11. The smallest absolute Gasteiger partial charge is 0.216 e. The summed E-state index contributed by atoms with van der Waals surface area (Å²) >= 11 is 12.0. The molecular formula is C18H16Br2N4O4S. The number of phenols is 1. The van der Waals surface area contributed by atoms with E-state index in [9.17, 15) is 5.11 Å². The molecule has 152 valence electrons. The van der Waals surface area contributed by atoms with E-state index in [4.69, 9.17) is 26.4 Å². The summed E-state index contributed by atoms with van der Waals surface area (Å²) < 4.78 is 19.2. The van der Waals surface area contributed by atoms with Crippen molar-refractivity contribution >= 4 is 50.3 Å². The van der Waals surface area contributed by atoms with Crippen LogP contribution in [-0.2, 0) is 0 Å². The van der Waals surface area contributed by atoms with Crippen molar-refractivity contribution in [3.63, 3.8) is 0 Å².